The smallest absolute Gasteiger partial charge is 0.295 e. The highest BCUT2D eigenvalue weighted by atomic mass is 35.5. The van der Waals surface area contributed by atoms with Crippen LogP contribution in [-0.2, 0) is 0 Å². The molecule has 0 aliphatic carbocycles. The van der Waals surface area contributed by atoms with E-state index in [9.17, 15) is 33.8 Å². The zero-order valence-electron chi connectivity index (χ0n) is 11.5. The van der Waals surface area contributed by atoms with Crippen molar-refractivity contribution in [3.63, 3.8) is 0 Å². The lowest BCUT2D eigenvalue weighted by Crippen LogP contribution is -2.13. The van der Waals surface area contributed by atoms with Crippen molar-refractivity contribution >= 4 is 34.6 Å². The molecule has 2 aromatic carbocycles. The second kappa shape index (κ2) is 6.54. The molecule has 0 spiro atoms. The van der Waals surface area contributed by atoms with Gasteiger partial charge in [-0.2, -0.15) is 0 Å². The van der Waals surface area contributed by atoms with E-state index in [2.05, 4.69) is 5.32 Å². The summed E-state index contributed by atoms with van der Waals surface area (Å²) in [6, 6.07) is 3.98. The van der Waals surface area contributed by atoms with Crippen LogP contribution in [0.4, 0.5) is 25.8 Å². The number of nitro benzene ring substituents is 2. The van der Waals surface area contributed by atoms with Crippen molar-refractivity contribution in [1.29, 1.82) is 0 Å². The maximum absolute atomic E-state index is 13.1. The number of anilines is 1. The summed E-state index contributed by atoms with van der Waals surface area (Å²) in [5, 5.41) is 23.2. The highest BCUT2D eigenvalue weighted by Crippen LogP contribution is 2.35. The lowest BCUT2D eigenvalue weighted by atomic mass is 10.1. The minimum Gasteiger partial charge on any atom is -0.322 e. The average molecular weight is 358 g/mol. The number of nitro groups is 2. The third-order valence-electron chi connectivity index (χ3n) is 2.87. The second-order valence-electron chi connectivity index (χ2n) is 4.43. The minimum atomic E-state index is -1.22. The Morgan fingerprint density at radius 3 is 2.00 bits per heavy atom. The molecule has 124 valence electrons. The quantitative estimate of drug-likeness (QED) is 0.661. The third-order valence-corrected chi connectivity index (χ3v) is 3.25. The van der Waals surface area contributed by atoms with Gasteiger partial charge in [-0.05, 0) is 12.1 Å². The molecule has 0 unspecified atom stereocenters. The van der Waals surface area contributed by atoms with Crippen molar-refractivity contribution in [3.05, 3.63) is 72.8 Å². The first-order chi connectivity index (χ1) is 11.2. The molecule has 0 aliphatic rings. The Bertz CT molecular complexity index is 840. The van der Waals surface area contributed by atoms with Crippen molar-refractivity contribution in [2.24, 2.45) is 0 Å². The topological polar surface area (TPSA) is 115 Å². The van der Waals surface area contributed by atoms with Crippen LogP contribution < -0.4 is 5.32 Å². The van der Waals surface area contributed by atoms with Crippen LogP contribution in [-0.4, -0.2) is 15.8 Å². The fourth-order valence-electron chi connectivity index (χ4n) is 1.77. The Balaban J connectivity index is 2.43. The summed E-state index contributed by atoms with van der Waals surface area (Å²) in [5.41, 5.74) is -2.25. The van der Waals surface area contributed by atoms with Gasteiger partial charge in [-0.25, -0.2) is 8.78 Å². The molecule has 1 N–H and O–H groups in total. The SMILES string of the molecule is O=C(Nc1ccc(F)c(F)c1)c1cc([N+](=O)[O-])c(Cl)c([N+](=O)[O-])c1. The van der Waals surface area contributed by atoms with Gasteiger partial charge in [0.2, 0.25) is 0 Å². The zero-order chi connectivity index (χ0) is 18.0. The predicted molar refractivity (Wildman–Crippen MR) is 79.1 cm³/mol. The number of carbonyl (C=O) groups excluding carboxylic acids is 1. The van der Waals surface area contributed by atoms with Crippen molar-refractivity contribution in [2.75, 3.05) is 5.32 Å². The third kappa shape index (κ3) is 3.43. The molecular formula is C13H6ClF2N3O5. The molecule has 0 bridgehead atoms. The molecule has 2 aromatic rings. The minimum absolute atomic E-state index is 0.140. The van der Waals surface area contributed by atoms with Crippen LogP contribution in [0.3, 0.4) is 0 Å². The van der Waals surface area contributed by atoms with Crippen LogP contribution in [0.1, 0.15) is 10.4 Å². The van der Waals surface area contributed by atoms with Crippen molar-refractivity contribution in [2.45, 2.75) is 0 Å². The van der Waals surface area contributed by atoms with Gasteiger partial charge in [0, 0.05) is 23.9 Å². The molecule has 0 heterocycles. The molecular weight excluding hydrogens is 352 g/mol. The molecule has 0 aromatic heterocycles. The second-order valence-corrected chi connectivity index (χ2v) is 4.80. The molecule has 11 heteroatoms. The van der Waals surface area contributed by atoms with Crippen molar-refractivity contribution < 1.29 is 23.4 Å². The molecule has 0 aliphatic heterocycles. The van der Waals surface area contributed by atoms with Gasteiger partial charge in [0.05, 0.1) is 15.4 Å². The molecule has 0 fully saturated rings. The Kier molecular flexibility index (Phi) is 4.69. The van der Waals surface area contributed by atoms with E-state index in [-0.39, 0.29) is 5.69 Å². The Morgan fingerprint density at radius 2 is 1.54 bits per heavy atom. The Hall–Kier alpha value is -3.14. The van der Waals surface area contributed by atoms with Crippen molar-refractivity contribution in [1.82, 2.24) is 0 Å². The van der Waals surface area contributed by atoms with E-state index in [0.717, 1.165) is 24.3 Å². The van der Waals surface area contributed by atoms with Gasteiger partial charge >= 0.3 is 0 Å². The number of amides is 1. The number of carbonyl (C=O) groups is 1. The summed E-state index contributed by atoms with van der Waals surface area (Å²) in [6.07, 6.45) is 0. The number of halogens is 3. The van der Waals surface area contributed by atoms with Crippen LogP contribution in [0.25, 0.3) is 0 Å². The molecule has 1 amide bonds. The molecule has 0 radical (unpaired) electrons. The van der Waals surface area contributed by atoms with E-state index in [1.807, 2.05) is 0 Å². The maximum atomic E-state index is 13.1. The summed E-state index contributed by atoms with van der Waals surface area (Å²) >= 11 is 5.57. The van der Waals surface area contributed by atoms with Gasteiger partial charge in [0.1, 0.15) is 0 Å². The number of hydrogen-bond donors (Lipinski definition) is 1. The number of nitrogens with one attached hydrogen (secondary N) is 1. The van der Waals surface area contributed by atoms with Crippen LogP contribution >= 0.6 is 11.6 Å². The van der Waals surface area contributed by atoms with E-state index in [1.54, 1.807) is 0 Å². The number of benzene rings is 2. The Labute approximate surface area is 137 Å². The van der Waals surface area contributed by atoms with Crippen LogP contribution in [0.15, 0.2) is 30.3 Å². The van der Waals surface area contributed by atoms with E-state index >= 15 is 0 Å². The van der Waals surface area contributed by atoms with Gasteiger partial charge in [-0.1, -0.05) is 11.6 Å². The highest BCUT2D eigenvalue weighted by Gasteiger charge is 2.27. The zero-order valence-corrected chi connectivity index (χ0v) is 12.2. The van der Waals surface area contributed by atoms with E-state index in [0.29, 0.717) is 6.07 Å². The summed E-state index contributed by atoms with van der Waals surface area (Å²) < 4.78 is 25.9. The van der Waals surface area contributed by atoms with E-state index in [1.165, 1.54) is 0 Å². The molecule has 2 rings (SSSR count). The number of rotatable bonds is 4. The monoisotopic (exact) mass is 357 g/mol. The lowest BCUT2D eigenvalue weighted by Gasteiger charge is -2.06. The van der Waals surface area contributed by atoms with E-state index in [4.69, 9.17) is 11.6 Å². The molecule has 8 nitrogen and oxygen atoms in total. The van der Waals surface area contributed by atoms with Crippen molar-refractivity contribution in [3.8, 4) is 0 Å². The summed E-state index contributed by atoms with van der Waals surface area (Å²) in [5.74, 6) is -3.35. The van der Waals surface area contributed by atoms with Gasteiger partial charge < -0.3 is 5.32 Å². The Morgan fingerprint density at radius 1 is 1.00 bits per heavy atom. The van der Waals surface area contributed by atoms with E-state index < -0.39 is 49.3 Å². The fraction of sp³-hybridized carbons (Fsp3) is 0. The van der Waals surface area contributed by atoms with Gasteiger partial charge in [-0.3, -0.25) is 25.0 Å². The van der Waals surface area contributed by atoms with Crippen LogP contribution in [0.2, 0.25) is 5.02 Å². The fourth-order valence-corrected chi connectivity index (χ4v) is 2.02. The molecule has 0 saturated heterocycles. The summed E-state index contributed by atoms with van der Waals surface area (Å²) in [7, 11) is 0. The van der Waals surface area contributed by atoms with Crippen LogP contribution in [0.5, 0.6) is 0 Å². The average Bonchev–Trinajstić information content (AvgIpc) is 2.50. The standard InChI is InChI=1S/C13H6ClF2N3O5/c14-12-10(18(21)22)3-6(4-11(12)19(23)24)13(20)17-7-1-2-8(15)9(16)5-7/h1-5H,(H,17,20). The normalized spacial score (nSPS) is 10.3. The van der Waals surface area contributed by atoms with Gasteiger partial charge in [0.15, 0.2) is 16.7 Å². The summed E-state index contributed by atoms with van der Waals surface area (Å²) in [6.45, 7) is 0. The number of hydrogen-bond acceptors (Lipinski definition) is 5. The largest absolute Gasteiger partial charge is 0.322 e. The highest BCUT2D eigenvalue weighted by molar-refractivity contribution is 6.35. The predicted octanol–water partition coefficient (Wildman–Crippen LogP) is 3.69. The molecule has 24 heavy (non-hydrogen) atoms. The first kappa shape index (κ1) is 17.2. The first-order valence-electron chi connectivity index (χ1n) is 6.09. The summed E-state index contributed by atoms with van der Waals surface area (Å²) in [4.78, 5) is 31.9. The van der Waals surface area contributed by atoms with Gasteiger partial charge in [0.25, 0.3) is 17.3 Å². The first-order valence-corrected chi connectivity index (χ1v) is 6.47. The van der Waals surface area contributed by atoms with Gasteiger partial charge in [-0.15, -0.1) is 0 Å². The molecule has 0 atom stereocenters. The maximum Gasteiger partial charge on any atom is 0.295 e. The van der Waals surface area contributed by atoms with Crippen LogP contribution in [0, 0.1) is 31.9 Å². The lowest BCUT2D eigenvalue weighted by molar-refractivity contribution is -0.393. The number of nitrogens with zero attached hydrogens (tertiary/aromatic N) is 2. The molecule has 0 saturated carbocycles.